The first kappa shape index (κ1) is 31.1. The van der Waals surface area contributed by atoms with Crippen LogP contribution in [0.5, 0.6) is 0 Å². The molecule has 0 aliphatic carbocycles. The van der Waals surface area contributed by atoms with E-state index in [1.807, 2.05) is 12.4 Å². The van der Waals surface area contributed by atoms with Gasteiger partial charge in [0.1, 0.15) is 0 Å². The third kappa shape index (κ3) is 7.68. The molecule has 1 saturated heterocycles. The highest BCUT2D eigenvalue weighted by Gasteiger charge is 2.22. The normalized spacial score (nSPS) is 14.1. The Bertz CT molecular complexity index is 1210. The van der Waals surface area contributed by atoms with Crippen LogP contribution in [0, 0.1) is 5.92 Å². The molecule has 0 unspecified atom stereocenters. The Morgan fingerprint density at radius 1 is 0.919 bits per heavy atom. The number of benzene rings is 2. The predicted octanol–water partition coefficient (Wildman–Crippen LogP) is 7.06. The van der Waals surface area contributed by atoms with Crippen LogP contribution >= 0.6 is 37.2 Å². The number of likely N-dealkylation sites (tertiary alicyclic amines) is 1. The fourth-order valence-corrected chi connectivity index (χ4v) is 5.18. The molecule has 37 heavy (non-hydrogen) atoms. The van der Waals surface area contributed by atoms with Crippen molar-refractivity contribution in [3.63, 3.8) is 0 Å². The molecule has 8 heteroatoms. The lowest BCUT2D eigenvalue weighted by atomic mass is 9.90. The monoisotopic (exact) mass is 562 g/mol. The Hall–Kier alpha value is -2.15. The number of fused-ring (bicyclic) bond motifs is 1. The van der Waals surface area contributed by atoms with E-state index in [1.165, 1.54) is 49.0 Å². The number of pyridine rings is 1. The van der Waals surface area contributed by atoms with Crippen molar-refractivity contribution < 1.29 is 4.52 Å². The first-order valence-corrected chi connectivity index (χ1v) is 12.4. The first-order chi connectivity index (χ1) is 16.7. The van der Waals surface area contributed by atoms with Crippen molar-refractivity contribution in [3.8, 4) is 11.1 Å². The number of aromatic nitrogens is 2. The summed E-state index contributed by atoms with van der Waals surface area (Å²) in [6.07, 6.45) is 8.37. The van der Waals surface area contributed by atoms with E-state index in [2.05, 4.69) is 88.6 Å². The Morgan fingerprint density at radius 3 is 2.30 bits per heavy atom. The molecule has 1 fully saturated rings. The SMILES string of the molecule is CN(C)Cc1c(-c2ccncc2)ccc2c(CCC3CCN(Cc4ccccc4)CC3)noc12.Cl.Cl.Cl. The summed E-state index contributed by atoms with van der Waals surface area (Å²) in [5.41, 5.74) is 6.99. The number of hydrogen-bond acceptors (Lipinski definition) is 5. The molecule has 2 aromatic carbocycles. The summed E-state index contributed by atoms with van der Waals surface area (Å²) >= 11 is 0. The molecule has 4 aromatic rings. The summed E-state index contributed by atoms with van der Waals surface area (Å²) in [5.74, 6) is 0.760. The minimum Gasteiger partial charge on any atom is -0.356 e. The number of nitrogens with zero attached hydrogens (tertiary/aromatic N) is 4. The van der Waals surface area contributed by atoms with Gasteiger partial charge in [-0.2, -0.15) is 0 Å². The van der Waals surface area contributed by atoms with Gasteiger partial charge in [0.15, 0.2) is 5.58 Å². The zero-order chi connectivity index (χ0) is 23.3. The largest absolute Gasteiger partial charge is 0.356 e. The third-order valence-electron chi connectivity index (χ3n) is 7.03. The van der Waals surface area contributed by atoms with Gasteiger partial charge in [-0.05, 0) is 93.7 Å². The molecular weight excluding hydrogens is 527 g/mol. The Labute approximate surface area is 238 Å². The molecule has 0 bridgehead atoms. The molecule has 0 N–H and O–H groups in total. The standard InChI is InChI=1S/C29H34N4O.3ClH/c1-32(2)21-27-25(24-12-16-30-17-13-24)9-10-26-28(31-34-29(26)27)11-8-22-14-18-33(19-15-22)20-23-6-4-3-5-7-23;;;/h3-7,9-10,12-13,16-17,22H,8,11,14-15,18-21H2,1-2H3;3*1H. The molecule has 5 rings (SSSR count). The quantitative estimate of drug-likeness (QED) is 0.230. The van der Waals surface area contributed by atoms with Crippen molar-refractivity contribution in [1.82, 2.24) is 19.9 Å². The molecule has 0 spiro atoms. The van der Waals surface area contributed by atoms with Crippen LogP contribution in [0.4, 0.5) is 0 Å². The number of rotatable bonds is 8. The van der Waals surface area contributed by atoms with Crippen molar-refractivity contribution in [2.75, 3.05) is 27.2 Å². The zero-order valence-corrected chi connectivity index (χ0v) is 24.0. The molecule has 0 radical (unpaired) electrons. The number of piperidine rings is 1. The highest BCUT2D eigenvalue weighted by Crippen LogP contribution is 2.33. The van der Waals surface area contributed by atoms with Gasteiger partial charge in [0.25, 0.3) is 0 Å². The van der Waals surface area contributed by atoms with Crippen LogP contribution in [-0.2, 0) is 19.5 Å². The van der Waals surface area contributed by atoms with E-state index in [9.17, 15) is 0 Å². The van der Waals surface area contributed by atoms with E-state index >= 15 is 0 Å². The molecule has 3 heterocycles. The summed E-state index contributed by atoms with van der Waals surface area (Å²) in [6, 6.07) is 19.3. The smallest absolute Gasteiger partial charge is 0.172 e. The Balaban J connectivity index is 0.00000160. The maximum Gasteiger partial charge on any atom is 0.172 e. The number of aryl methyl sites for hydroxylation is 1. The van der Waals surface area contributed by atoms with Gasteiger partial charge in [0.2, 0.25) is 0 Å². The van der Waals surface area contributed by atoms with Gasteiger partial charge in [-0.3, -0.25) is 9.88 Å². The van der Waals surface area contributed by atoms with Crippen molar-refractivity contribution in [2.24, 2.45) is 5.92 Å². The van der Waals surface area contributed by atoms with Crippen molar-refractivity contribution in [3.05, 3.63) is 83.8 Å². The highest BCUT2D eigenvalue weighted by atomic mass is 35.5. The maximum atomic E-state index is 5.97. The molecule has 1 aliphatic heterocycles. The summed E-state index contributed by atoms with van der Waals surface area (Å²) in [5, 5.41) is 5.70. The topological polar surface area (TPSA) is 45.4 Å². The third-order valence-corrected chi connectivity index (χ3v) is 7.03. The van der Waals surface area contributed by atoms with Crippen LogP contribution in [0.15, 0.2) is 71.5 Å². The van der Waals surface area contributed by atoms with Gasteiger partial charge >= 0.3 is 0 Å². The van der Waals surface area contributed by atoms with E-state index in [4.69, 9.17) is 4.52 Å². The molecule has 0 atom stereocenters. The molecule has 2 aromatic heterocycles. The summed E-state index contributed by atoms with van der Waals surface area (Å²) in [7, 11) is 4.19. The second-order valence-corrected chi connectivity index (χ2v) is 9.82. The van der Waals surface area contributed by atoms with Crippen LogP contribution in [0.1, 0.15) is 36.1 Å². The minimum atomic E-state index is 0. The second-order valence-electron chi connectivity index (χ2n) is 9.82. The number of halogens is 3. The van der Waals surface area contributed by atoms with E-state index in [0.29, 0.717) is 0 Å². The summed E-state index contributed by atoms with van der Waals surface area (Å²) < 4.78 is 5.97. The Morgan fingerprint density at radius 2 is 1.62 bits per heavy atom. The van der Waals surface area contributed by atoms with E-state index in [0.717, 1.165) is 47.7 Å². The summed E-state index contributed by atoms with van der Waals surface area (Å²) in [4.78, 5) is 8.95. The van der Waals surface area contributed by atoms with Crippen LogP contribution in [0.3, 0.4) is 0 Å². The van der Waals surface area contributed by atoms with Gasteiger partial charge in [-0.1, -0.05) is 41.6 Å². The van der Waals surface area contributed by atoms with Gasteiger partial charge in [-0.15, -0.1) is 37.2 Å². The van der Waals surface area contributed by atoms with E-state index in [1.54, 1.807) is 0 Å². The fraction of sp³-hybridized carbons (Fsp3) is 0.379. The second kappa shape index (κ2) is 14.7. The first-order valence-electron chi connectivity index (χ1n) is 12.4. The molecule has 5 nitrogen and oxygen atoms in total. The van der Waals surface area contributed by atoms with Gasteiger partial charge < -0.3 is 9.42 Å². The predicted molar refractivity (Wildman–Crippen MR) is 159 cm³/mol. The molecule has 200 valence electrons. The Kier molecular flexibility index (Phi) is 12.3. The lowest BCUT2D eigenvalue weighted by Gasteiger charge is -2.32. The van der Waals surface area contributed by atoms with Crippen molar-refractivity contribution in [2.45, 2.75) is 38.8 Å². The molecular formula is C29H37Cl3N4O. The average Bonchev–Trinajstić information content (AvgIpc) is 3.28. The maximum absolute atomic E-state index is 5.97. The molecule has 0 saturated carbocycles. The van der Waals surface area contributed by atoms with Crippen molar-refractivity contribution in [1.29, 1.82) is 0 Å². The lowest BCUT2D eigenvalue weighted by molar-refractivity contribution is 0.172. The zero-order valence-electron chi connectivity index (χ0n) is 21.5. The van der Waals surface area contributed by atoms with Crippen LogP contribution in [0.2, 0.25) is 0 Å². The van der Waals surface area contributed by atoms with Crippen LogP contribution in [-0.4, -0.2) is 47.1 Å². The van der Waals surface area contributed by atoms with E-state index in [-0.39, 0.29) is 37.2 Å². The van der Waals surface area contributed by atoms with Gasteiger partial charge in [-0.25, -0.2) is 0 Å². The fourth-order valence-electron chi connectivity index (χ4n) is 5.18. The van der Waals surface area contributed by atoms with Gasteiger partial charge in [0, 0.05) is 36.4 Å². The van der Waals surface area contributed by atoms with Crippen molar-refractivity contribution >= 4 is 48.2 Å². The average molecular weight is 564 g/mol. The number of hydrogen-bond donors (Lipinski definition) is 0. The lowest BCUT2D eigenvalue weighted by Crippen LogP contribution is -2.33. The minimum absolute atomic E-state index is 0. The molecule has 0 amide bonds. The van der Waals surface area contributed by atoms with Gasteiger partial charge in [0.05, 0.1) is 5.69 Å². The summed E-state index contributed by atoms with van der Waals surface area (Å²) in [6.45, 7) is 4.24. The van der Waals surface area contributed by atoms with Crippen LogP contribution < -0.4 is 0 Å². The van der Waals surface area contributed by atoms with Crippen LogP contribution in [0.25, 0.3) is 22.1 Å². The molecule has 1 aliphatic rings. The van der Waals surface area contributed by atoms with E-state index < -0.39 is 0 Å². The highest BCUT2D eigenvalue weighted by molar-refractivity contribution is 5.89.